The third-order valence-corrected chi connectivity index (χ3v) is 5.37. The molecular formula is C26H26O5. The molecule has 0 saturated carbocycles. The van der Waals surface area contributed by atoms with E-state index in [1.165, 1.54) is 0 Å². The first kappa shape index (κ1) is 20.7. The van der Waals surface area contributed by atoms with Crippen LogP contribution < -0.4 is 18.9 Å². The van der Waals surface area contributed by atoms with Gasteiger partial charge in [0, 0.05) is 17.2 Å². The molecule has 1 aliphatic heterocycles. The van der Waals surface area contributed by atoms with Gasteiger partial charge in [0.05, 0.1) is 34.0 Å². The van der Waals surface area contributed by atoms with Gasteiger partial charge >= 0.3 is 0 Å². The topological polar surface area (TPSA) is 46.2 Å². The van der Waals surface area contributed by atoms with Gasteiger partial charge in [-0.1, -0.05) is 18.2 Å². The van der Waals surface area contributed by atoms with E-state index in [0.717, 1.165) is 50.8 Å². The van der Waals surface area contributed by atoms with Gasteiger partial charge in [0.15, 0.2) is 6.10 Å². The highest BCUT2D eigenvalue weighted by atomic mass is 16.5. The highest BCUT2D eigenvalue weighted by molar-refractivity contribution is 5.84. The molecule has 1 unspecified atom stereocenters. The van der Waals surface area contributed by atoms with Crippen molar-refractivity contribution >= 4 is 11.8 Å². The van der Waals surface area contributed by atoms with Crippen molar-refractivity contribution in [2.24, 2.45) is 0 Å². The molecule has 0 aromatic heterocycles. The van der Waals surface area contributed by atoms with Crippen LogP contribution in [0, 0.1) is 6.92 Å². The summed E-state index contributed by atoms with van der Waals surface area (Å²) in [5.41, 5.74) is 5.01. The van der Waals surface area contributed by atoms with Crippen LogP contribution in [0.2, 0.25) is 0 Å². The van der Waals surface area contributed by atoms with Gasteiger partial charge in [0.25, 0.3) is 0 Å². The molecule has 0 saturated heterocycles. The molecule has 1 heterocycles. The Hall–Kier alpha value is -3.60. The van der Waals surface area contributed by atoms with Crippen LogP contribution in [0.3, 0.4) is 0 Å². The van der Waals surface area contributed by atoms with Crippen LogP contribution >= 0.6 is 0 Å². The predicted octanol–water partition coefficient (Wildman–Crippen LogP) is 5.65. The molecule has 31 heavy (non-hydrogen) atoms. The molecule has 3 aromatic rings. The minimum absolute atomic E-state index is 0.325. The highest BCUT2D eigenvalue weighted by Gasteiger charge is 2.34. The Balaban J connectivity index is 1.87. The monoisotopic (exact) mass is 418 g/mol. The second-order valence-electron chi connectivity index (χ2n) is 7.35. The number of rotatable bonds is 6. The van der Waals surface area contributed by atoms with Crippen LogP contribution in [0.15, 0.2) is 54.6 Å². The van der Waals surface area contributed by atoms with E-state index in [9.17, 15) is 0 Å². The lowest BCUT2D eigenvalue weighted by Gasteiger charge is -2.17. The average molecular weight is 418 g/mol. The zero-order valence-corrected chi connectivity index (χ0v) is 18.4. The molecule has 0 radical (unpaired) electrons. The fraction of sp³-hybridized carbons (Fsp3) is 0.231. The zero-order valence-electron chi connectivity index (χ0n) is 18.4. The van der Waals surface area contributed by atoms with Gasteiger partial charge < -0.3 is 23.7 Å². The lowest BCUT2D eigenvalue weighted by molar-refractivity contribution is 0.225. The van der Waals surface area contributed by atoms with Gasteiger partial charge in [-0.3, -0.25) is 0 Å². The molecule has 5 nitrogen and oxygen atoms in total. The molecule has 4 rings (SSSR count). The summed E-state index contributed by atoms with van der Waals surface area (Å²) in [5, 5.41) is 0. The Morgan fingerprint density at radius 1 is 0.742 bits per heavy atom. The predicted molar refractivity (Wildman–Crippen MR) is 121 cm³/mol. The first-order valence-corrected chi connectivity index (χ1v) is 10.0. The molecular weight excluding hydrogens is 392 g/mol. The lowest BCUT2D eigenvalue weighted by Crippen LogP contribution is -2.02. The quantitative estimate of drug-likeness (QED) is 0.518. The molecule has 0 aliphatic carbocycles. The Morgan fingerprint density at radius 2 is 1.42 bits per heavy atom. The van der Waals surface area contributed by atoms with E-state index in [-0.39, 0.29) is 6.10 Å². The van der Waals surface area contributed by atoms with E-state index in [0.29, 0.717) is 5.75 Å². The summed E-state index contributed by atoms with van der Waals surface area (Å²) in [6.45, 7) is 2.04. The normalized spacial score (nSPS) is 15.9. The van der Waals surface area contributed by atoms with E-state index in [4.69, 9.17) is 23.7 Å². The fourth-order valence-corrected chi connectivity index (χ4v) is 3.86. The number of aryl methyl sites for hydroxylation is 1. The van der Waals surface area contributed by atoms with E-state index < -0.39 is 0 Å². The summed E-state index contributed by atoms with van der Waals surface area (Å²) in [7, 11) is 6.63. The maximum absolute atomic E-state index is 6.51. The Labute approximate surface area is 182 Å². The van der Waals surface area contributed by atoms with Crippen molar-refractivity contribution < 1.29 is 23.7 Å². The van der Waals surface area contributed by atoms with Crippen molar-refractivity contribution in [2.45, 2.75) is 13.0 Å². The fourth-order valence-electron chi connectivity index (χ4n) is 3.86. The Bertz CT molecular complexity index is 1120. The summed E-state index contributed by atoms with van der Waals surface area (Å²) in [6.07, 6.45) is 1.69. The number of benzene rings is 3. The second-order valence-corrected chi connectivity index (χ2v) is 7.35. The number of ether oxygens (including phenoxy) is 5. The molecule has 5 heteroatoms. The maximum Gasteiger partial charge on any atom is 0.153 e. The van der Waals surface area contributed by atoms with E-state index in [1.54, 1.807) is 28.4 Å². The third-order valence-electron chi connectivity index (χ3n) is 5.37. The van der Waals surface area contributed by atoms with Crippen LogP contribution in [0.5, 0.6) is 23.0 Å². The van der Waals surface area contributed by atoms with Crippen LogP contribution in [0.1, 0.15) is 33.9 Å². The van der Waals surface area contributed by atoms with E-state index in [1.807, 2.05) is 61.5 Å². The van der Waals surface area contributed by atoms with Gasteiger partial charge in [-0.2, -0.15) is 0 Å². The van der Waals surface area contributed by atoms with Gasteiger partial charge in [0.2, 0.25) is 0 Å². The van der Waals surface area contributed by atoms with Crippen LogP contribution in [0.25, 0.3) is 11.8 Å². The van der Waals surface area contributed by atoms with E-state index >= 15 is 0 Å². The van der Waals surface area contributed by atoms with Crippen molar-refractivity contribution in [1.29, 1.82) is 0 Å². The Kier molecular flexibility index (Phi) is 5.76. The molecule has 0 bridgehead atoms. The van der Waals surface area contributed by atoms with Crippen LogP contribution in [-0.4, -0.2) is 28.4 Å². The summed E-state index contributed by atoms with van der Waals surface area (Å²) in [4.78, 5) is 0. The number of hydrogen-bond donors (Lipinski definition) is 0. The SMILES string of the molecule is COc1ccc(/C=C2\OC(c3cc(C)cc(OC)c3)c3c(OC)cc(OC)cc32)cc1. The van der Waals surface area contributed by atoms with Crippen molar-refractivity contribution in [3.8, 4) is 23.0 Å². The van der Waals surface area contributed by atoms with Crippen molar-refractivity contribution in [3.05, 3.63) is 82.4 Å². The molecule has 0 fully saturated rings. The summed E-state index contributed by atoms with van der Waals surface area (Å²) < 4.78 is 28.5. The zero-order chi connectivity index (χ0) is 22.0. The number of fused-ring (bicyclic) bond motifs is 1. The largest absolute Gasteiger partial charge is 0.497 e. The minimum Gasteiger partial charge on any atom is -0.497 e. The smallest absolute Gasteiger partial charge is 0.153 e. The molecule has 0 spiro atoms. The van der Waals surface area contributed by atoms with Crippen molar-refractivity contribution in [1.82, 2.24) is 0 Å². The first-order valence-electron chi connectivity index (χ1n) is 10.0. The van der Waals surface area contributed by atoms with Crippen LogP contribution in [-0.2, 0) is 4.74 Å². The molecule has 1 aliphatic rings. The van der Waals surface area contributed by atoms with Crippen molar-refractivity contribution in [2.75, 3.05) is 28.4 Å². The summed E-state index contributed by atoms with van der Waals surface area (Å²) >= 11 is 0. The number of methoxy groups -OCH3 is 4. The van der Waals surface area contributed by atoms with Gasteiger partial charge in [-0.25, -0.2) is 0 Å². The highest BCUT2D eigenvalue weighted by Crippen LogP contribution is 2.49. The second kappa shape index (κ2) is 8.64. The standard InChI is InChI=1S/C26H26O5/c1-16-10-18(13-20(11-16)28-3)26-25-22(14-21(29-4)15-24(25)30-5)23(31-26)12-17-6-8-19(27-2)9-7-17/h6-15,26H,1-5H3/b23-12-. The van der Waals surface area contributed by atoms with Gasteiger partial charge in [-0.05, 0) is 54.5 Å². The maximum atomic E-state index is 6.51. The molecule has 1 atom stereocenters. The van der Waals surface area contributed by atoms with Gasteiger partial charge in [0.1, 0.15) is 28.8 Å². The third kappa shape index (κ3) is 4.04. The van der Waals surface area contributed by atoms with Crippen molar-refractivity contribution in [3.63, 3.8) is 0 Å². The van der Waals surface area contributed by atoms with Gasteiger partial charge in [-0.15, -0.1) is 0 Å². The van der Waals surface area contributed by atoms with Crippen LogP contribution in [0.4, 0.5) is 0 Å². The molecule has 160 valence electrons. The molecule has 0 N–H and O–H groups in total. The first-order chi connectivity index (χ1) is 15.1. The molecule has 0 amide bonds. The summed E-state index contributed by atoms with van der Waals surface area (Å²) in [5.74, 6) is 3.78. The molecule has 3 aromatic carbocycles. The Morgan fingerprint density at radius 3 is 2.06 bits per heavy atom. The summed E-state index contributed by atoms with van der Waals surface area (Å²) in [6, 6.07) is 17.8. The van der Waals surface area contributed by atoms with E-state index in [2.05, 4.69) is 6.07 Å². The average Bonchev–Trinajstić information content (AvgIpc) is 3.16. The lowest BCUT2D eigenvalue weighted by atomic mass is 9.95. The minimum atomic E-state index is -0.325. The number of hydrogen-bond acceptors (Lipinski definition) is 5.